The highest BCUT2D eigenvalue weighted by Gasteiger charge is 2.53. The Labute approximate surface area is 107 Å². The minimum atomic E-state index is -1.59. The summed E-state index contributed by atoms with van der Waals surface area (Å²) < 4.78 is 20.5. The molecule has 8 heteroatoms. The molecule has 19 heavy (non-hydrogen) atoms. The topological polar surface area (TPSA) is 105 Å². The Morgan fingerprint density at radius 3 is 2.58 bits per heavy atom. The molecule has 1 aromatic rings. The van der Waals surface area contributed by atoms with Gasteiger partial charge in [0.15, 0.2) is 12.4 Å². The summed E-state index contributed by atoms with van der Waals surface area (Å²) in [6.45, 7) is 0.340. The Hall–Kier alpha value is -1.51. The second-order valence-electron chi connectivity index (χ2n) is 4.64. The van der Waals surface area contributed by atoms with Crippen molar-refractivity contribution in [3.05, 3.63) is 33.1 Å². The van der Waals surface area contributed by atoms with Gasteiger partial charge in [-0.05, 0) is 0 Å². The number of halogens is 1. The standard InChI is InChI=1S/C11H15FN2O5/c1-6-8(12)9(19-11(6,4-15)5-16)14-3-2-7(17)13-10(14)18/h2-3,6,8-9,15-16H,4-5H2,1H3,(H,13,17,18)/t6-,8+,9+/m0/s1. The fourth-order valence-corrected chi connectivity index (χ4v) is 2.20. The zero-order chi connectivity index (χ0) is 14.2. The molecular formula is C11H15FN2O5. The number of H-pyrrole nitrogens is 1. The van der Waals surface area contributed by atoms with Crippen LogP contribution in [0.5, 0.6) is 0 Å². The summed E-state index contributed by atoms with van der Waals surface area (Å²) in [5.74, 6) is -0.800. The lowest BCUT2D eigenvalue weighted by atomic mass is 9.89. The number of aromatic amines is 1. The molecule has 0 spiro atoms. The Balaban J connectivity index is 2.42. The zero-order valence-electron chi connectivity index (χ0n) is 10.2. The van der Waals surface area contributed by atoms with Crippen LogP contribution in [0.25, 0.3) is 0 Å². The predicted octanol–water partition coefficient (Wildman–Crippen LogP) is -1.24. The van der Waals surface area contributed by atoms with E-state index in [1.807, 2.05) is 4.98 Å². The van der Waals surface area contributed by atoms with E-state index >= 15 is 0 Å². The summed E-state index contributed by atoms with van der Waals surface area (Å²) in [6.07, 6.45) is -1.77. The fourth-order valence-electron chi connectivity index (χ4n) is 2.20. The summed E-state index contributed by atoms with van der Waals surface area (Å²) in [4.78, 5) is 24.6. The maximum atomic E-state index is 14.2. The fraction of sp³-hybridized carbons (Fsp3) is 0.636. The highest BCUT2D eigenvalue weighted by atomic mass is 19.1. The van der Waals surface area contributed by atoms with Gasteiger partial charge in [0.1, 0.15) is 5.60 Å². The van der Waals surface area contributed by atoms with Crippen molar-refractivity contribution < 1.29 is 19.3 Å². The number of aliphatic hydroxyl groups excluding tert-OH is 2. The highest BCUT2D eigenvalue weighted by molar-refractivity contribution is 4.99. The van der Waals surface area contributed by atoms with E-state index in [0.717, 1.165) is 16.8 Å². The predicted molar refractivity (Wildman–Crippen MR) is 62.4 cm³/mol. The third kappa shape index (κ3) is 2.11. The number of nitrogens with one attached hydrogen (secondary N) is 1. The minimum absolute atomic E-state index is 0.570. The minimum Gasteiger partial charge on any atom is -0.393 e. The molecule has 2 heterocycles. The molecule has 1 aliphatic rings. The van der Waals surface area contributed by atoms with E-state index < -0.39 is 48.4 Å². The number of ether oxygens (including phenoxy) is 1. The van der Waals surface area contributed by atoms with Crippen molar-refractivity contribution in [2.45, 2.75) is 24.9 Å². The van der Waals surface area contributed by atoms with Gasteiger partial charge in [0.25, 0.3) is 5.56 Å². The first kappa shape index (κ1) is 13.9. The van der Waals surface area contributed by atoms with E-state index in [-0.39, 0.29) is 0 Å². The quantitative estimate of drug-likeness (QED) is 0.639. The van der Waals surface area contributed by atoms with Crippen molar-refractivity contribution in [2.75, 3.05) is 13.2 Å². The van der Waals surface area contributed by atoms with Crippen LogP contribution in [0.1, 0.15) is 13.2 Å². The van der Waals surface area contributed by atoms with E-state index in [2.05, 4.69) is 0 Å². The third-order valence-electron chi connectivity index (χ3n) is 3.60. The maximum absolute atomic E-state index is 14.2. The smallest absolute Gasteiger partial charge is 0.330 e. The average molecular weight is 274 g/mol. The second kappa shape index (κ2) is 4.87. The molecule has 0 saturated carbocycles. The van der Waals surface area contributed by atoms with Crippen LogP contribution >= 0.6 is 0 Å². The summed E-state index contributed by atoms with van der Waals surface area (Å²) in [5.41, 5.74) is -2.85. The summed E-state index contributed by atoms with van der Waals surface area (Å²) in [7, 11) is 0. The number of alkyl halides is 1. The normalized spacial score (nSPS) is 29.6. The molecule has 0 aliphatic carbocycles. The van der Waals surface area contributed by atoms with Gasteiger partial charge in [0.2, 0.25) is 0 Å². The summed E-state index contributed by atoms with van der Waals surface area (Å²) in [5, 5.41) is 18.6. The number of aromatic nitrogens is 2. The van der Waals surface area contributed by atoms with Crippen LogP contribution in [0.3, 0.4) is 0 Å². The Bertz CT molecular complexity index is 565. The van der Waals surface area contributed by atoms with Gasteiger partial charge in [-0.15, -0.1) is 0 Å². The van der Waals surface area contributed by atoms with Crippen LogP contribution in [0.15, 0.2) is 21.9 Å². The van der Waals surface area contributed by atoms with E-state index in [9.17, 15) is 24.2 Å². The van der Waals surface area contributed by atoms with Crippen molar-refractivity contribution in [2.24, 2.45) is 5.92 Å². The average Bonchev–Trinajstić information content (AvgIpc) is 2.64. The Morgan fingerprint density at radius 2 is 2.11 bits per heavy atom. The molecule has 0 aromatic carbocycles. The molecule has 1 saturated heterocycles. The molecule has 1 aromatic heterocycles. The lowest BCUT2D eigenvalue weighted by Crippen LogP contribution is -2.43. The van der Waals surface area contributed by atoms with Crippen molar-refractivity contribution in [1.82, 2.24) is 9.55 Å². The number of rotatable bonds is 3. The highest BCUT2D eigenvalue weighted by Crippen LogP contribution is 2.42. The van der Waals surface area contributed by atoms with E-state index in [4.69, 9.17) is 4.74 Å². The second-order valence-corrected chi connectivity index (χ2v) is 4.64. The van der Waals surface area contributed by atoms with Gasteiger partial charge >= 0.3 is 5.69 Å². The molecule has 106 valence electrons. The van der Waals surface area contributed by atoms with Gasteiger partial charge in [-0.1, -0.05) is 6.92 Å². The molecule has 0 amide bonds. The first-order valence-electron chi connectivity index (χ1n) is 5.80. The molecule has 2 rings (SSSR count). The molecule has 7 nitrogen and oxygen atoms in total. The van der Waals surface area contributed by atoms with Crippen LogP contribution in [0.2, 0.25) is 0 Å². The van der Waals surface area contributed by atoms with Gasteiger partial charge < -0.3 is 14.9 Å². The Kier molecular flexibility index (Phi) is 3.57. The SMILES string of the molecule is C[C@H]1[C@@H](F)[C@H](n2ccc(=O)[nH]c2=O)OC1(CO)CO. The van der Waals surface area contributed by atoms with Crippen molar-refractivity contribution >= 4 is 0 Å². The van der Waals surface area contributed by atoms with E-state index in [1.165, 1.54) is 6.92 Å². The molecule has 3 N–H and O–H groups in total. The first-order chi connectivity index (χ1) is 8.95. The zero-order valence-corrected chi connectivity index (χ0v) is 10.2. The maximum Gasteiger partial charge on any atom is 0.330 e. The van der Waals surface area contributed by atoms with Crippen LogP contribution in [0.4, 0.5) is 4.39 Å². The number of aliphatic hydroxyl groups is 2. The summed E-state index contributed by atoms with van der Waals surface area (Å²) in [6, 6.07) is 1.07. The number of hydrogen-bond donors (Lipinski definition) is 3. The first-order valence-corrected chi connectivity index (χ1v) is 5.80. The van der Waals surface area contributed by atoms with Gasteiger partial charge in [-0.3, -0.25) is 14.3 Å². The molecule has 1 aliphatic heterocycles. The molecule has 0 bridgehead atoms. The van der Waals surface area contributed by atoms with Gasteiger partial charge in [-0.2, -0.15) is 0 Å². The Morgan fingerprint density at radius 1 is 1.47 bits per heavy atom. The van der Waals surface area contributed by atoms with Crippen LogP contribution in [0, 0.1) is 5.92 Å². The number of hydrogen-bond acceptors (Lipinski definition) is 5. The van der Waals surface area contributed by atoms with Gasteiger partial charge in [0.05, 0.1) is 13.2 Å². The summed E-state index contributed by atoms with van der Waals surface area (Å²) >= 11 is 0. The van der Waals surface area contributed by atoms with Crippen molar-refractivity contribution in [1.29, 1.82) is 0 Å². The largest absolute Gasteiger partial charge is 0.393 e. The monoisotopic (exact) mass is 274 g/mol. The lowest BCUT2D eigenvalue weighted by molar-refractivity contribution is -0.136. The molecule has 0 unspecified atom stereocenters. The van der Waals surface area contributed by atoms with Crippen molar-refractivity contribution in [3.8, 4) is 0 Å². The molecule has 3 atom stereocenters. The molecule has 1 fully saturated rings. The van der Waals surface area contributed by atoms with Gasteiger partial charge in [0, 0.05) is 18.2 Å². The molecule has 0 radical (unpaired) electrons. The van der Waals surface area contributed by atoms with E-state index in [1.54, 1.807) is 0 Å². The number of nitrogens with zero attached hydrogens (tertiary/aromatic N) is 1. The van der Waals surface area contributed by atoms with Crippen LogP contribution in [-0.2, 0) is 4.74 Å². The van der Waals surface area contributed by atoms with Gasteiger partial charge in [-0.25, -0.2) is 9.18 Å². The third-order valence-corrected chi connectivity index (χ3v) is 3.60. The van der Waals surface area contributed by atoms with Crippen LogP contribution < -0.4 is 11.2 Å². The molecular weight excluding hydrogens is 259 g/mol. The van der Waals surface area contributed by atoms with Crippen LogP contribution in [-0.4, -0.2) is 44.8 Å². The van der Waals surface area contributed by atoms with E-state index in [0.29, 0.717) is 0 Å². The lowest BCUT2D eigenvalue weighted by Gasteiger charge is -2.28. The van der Waals surface area contributed by atoms with Crippen molar-refractivity contribution in [3.63, 3.8) is 0 Å².